The van der Waals surface area contributed by atoms with Crippen molar-refractivity contribution in [3.05, 3.63) is 40.4 Å². The summed E-state index contributed by atoms with van der Waals surface area (Å²) in [6.07, 6.45) is 2.55. The van der Waals surface area contributed by atoms with E-state index in [1.165, 1.54) is 6.08 Å². The third kappa shape index (κ3) is 2.60. The first kappa shape index (κ1) is 9.81. The highest BCUT2D eigenvalue weighted by Gasteiger charge is 1.98. The van der Waals surface area contributed by atoms with Crippen LogP contribution in [0.1, 0.15) is 11.1 Å². The number of aliphatic carboxylic acids is 1. The largest absolute Gasteiger partial charge is 0.478 e. The van der Waals surface area contributed by atoms with Gasteiger partial charge >= 0.3 is 5.97 Å². The van der Waals surface area contributed by atoms with Gasteiger partial charge in [0, 0.05) is 6.08 Å². The Hall–Kier alpha value is -1.28. The molecule has 0 bridgehead atoms. The topological polar surface area (TPSA) is 37.3 Å². The number of rotatable bonds is 2. The van der Waals surface area contributed by atoms with E-state index in [4.69, 9.17) is 16.7 Å². The lowest BCUT2D eigenvalue weighted by Crippen LogP contribution is -1.86. The van der Waals surface area contributed by atoms with Crippen molar-refractivity contribution in [2.75, 3.05) is 0 Å². The zero-order valence-electron chi connectivity index (χ0n) is 7.12. The van der Waals surface area contributed by atoms with Crippen molar-refractivity contribution in [1.29, 1.82) is 0 Å². The van der Waals surface area contributed by atoms with Crippen molar-refractivity contribution in [2.24, 2.45) is 0 Å². The van der Waals surface area contributed by atoms with Gasteiger partial charge in [-0.3, -0.25) is 0 Å². The molecule has 0 spiro atoms. The first-order chi connectivity index (χ1) is 6.11. The smallest absolute Gasteiger partial charge is 0.328 e. The van der Waals surface area contributed by atoms with Gasteiger partial charge < -0.3 is 5.11 Å². The van der Waals surface area contributed by atoms with Crippen molar-refractivity contribution in [1.82, 2.24) is 0 Å². The molecule has 0 radical (unpaired) electrons. The van der Waals surface area contributed by atoms with Crippen molar-refractivity contribution >= 4 is 23.6 Å². The summed E-state index contributed by atoms with van der Waals surface area (Å²) in [5, 5.41) is 9.00. The highest BCUT2D eigenvalue weighted by atomic mass is 35.5. The van der Waals surface area contributed by atoms with Crippen LogP contribution in [0.4, 0.5) is 0 Å². The molecule has 0 aromatic heterocycles. The van der Waals surface area contributed by atoms with Crippen LogP contribution in [0.25, 0.3) is 6.08 Å². The minimum absolute atomic E-state index is 0.597. The average molecular weight is 197 g/mol. The summed E-state index contributed by atoms with van der Waals surface area (Å²) in [5.41, 5.74) is 1.67. The van der Waals surface area contributed by atoms with Crippen molar-refractivity contribution in [3.63, 3.8) is 0 Å². The molecule has 0 aliphatic heterocycles. The highest BCUT2D eigenvalue weighted by Crippen LogP contribution is 2.21. The molecule has 3 heteroatoms. The molecular formula is C10H9ClO2. The second-order valence-electron chi connectivity index (χ2n) is 2.65. The summed E-state index contributed by atoms with van der Waals surface area (Å²) in [6, 6.07) is 5.48. The standard InChI is InChI=1S/C10H9ClO2/c1-7-3-2-4-8(10(7)11)5-6-9(12)13/h2-6H,1H3,(H,12,13). The van der Waals surface area contributed by atoms with E-state index in [-0.39, 0.29) is 0 Å². The number of hydrogen-bond donors (Lipinski definition) is 1. The normalized spacial score (nSPS) is 10.6. The van der Waals surface area contributed by atoms with Gasteiger partial charge in [0.05, 0.1) is 5.02 Å². The number of aryl methyl sites for hydroxylation is 1. The number of halogens is 1. The van der Waals surface area contributed by atoms with Crippen LogP contribution in [-0.4, -0.2) is 11.1 Å². The lowest BCUT2D eigenvalue weighted by Gasteiger charge is -2.00. The molecule has 1 aromatic carbocycles. The molecule has 1 aromatic rings. The minimum Gasteiger partial charge on any atom is -0.478 e. The van der Waals surface area contributed by atoms with Gasteiger partial charge in [-0.15, -0.1) is 0 Å². The summed E-state index contributed by atoms with van der Waals surface area (Å²) in [5.74, 6) is -0.974. The Bertz CT molecular complexity index is 356. The molecule has 0 saturated carbocycles. The first-order valence-corrected chi connectivity index (χ1v) is 4.15. The number of benzene rings is 1. The molecule has 2 nitrogen and oxygen atoms in total. The molecule has 0 unspecified atom stereocenters. The molecule has 0 fully saturated rings. The Morgan fingerprint density at radius 1 is 1.54 bits per heavy atom. The minimum atomic E-state index is -0.974. The van der Waals surface area contributed by atoms with Crippen LogP contribution in [0, 0.1) is 6.92 Å². The van der Waals surface area contributed by atoms with E-state index >= 15 is 0 Å². The maximum Gasteiger partial charge on any atom is 0.328 e. The number of carboxylic acids is 1. The Balaban J connectivity index is 3.02. The molecule has 0 atom stereocenters. The summed E-state index contributed by atoms with van der Waals surface area (Å²) in [6.45, 7) is 1.88. The zero-order valence-corrected chi connectivity index (χ0v) is 7.88. The fourth-order valence-corrected chi connectivity index (χ4v) is 1.15. The predicted octanol–water partition coefficient (Wildman–Crippen LogP) is 2.75. The summed E-state index contributed by atoms with van der Waals surface area (Å²) < 4.78 is 0. The maximum absolute atomic E-state index is 10.2. The fourth-order valence-electron chi connectivity index (χ4n) is 0.960. The molecule has 68 valence electrons. The molecule has 1 rings (SSSR count). The Kier molecular flexibility index (Phi) is 3.09. The van der Waals surface area contributed by atoms with Gasteiger partial charge in [-0.2, -0.15) is 0 Å². The first-order valence-electron chi connectivity index (χ1n) is 3.77. The van der Waals surface area contributed by atoms with Crippen LogP contribution in [0.2, 0.25) is 5.02 Å². The van der Waals surface area contributed by atoms with Crippen LogP contribution >= 0.6 is 11.6 Å². The number of carbonyl (C=O) groups is 1. The van der Waals surface area contributed by atoms with E-state index in [9.17, 15) is 4.79 Å². The monoisotopic (exact) mass is 196 g/mol. The van der Waals surface area contributed by atoms with Crippen LogP contribution < -0.4 is 0 Å². The third-order valence-electron chi connectivity index (χ3n) is 1.63. The summed E-state index contributed by atoms with van der Waals surface area (Å²) in [4.78, 5) is 10.2. The summed E-state index contributed by atoms with van der Waals surface area (Å²) in [7, 11) is 0. The number of hydrogen-bond acceptors (Lipinski definition) is 1. The van der Waals surface area contributed by atoms with Crippen molar-refractivity contribution < 1.29 is 9.90 Å². The van der Waals surface area contributed by atoms with E-state index in [0.29, 0.717) is 5.02 Å². The molecule has 0 aliphatic rings. The van der Waals surface area contributed by atoms with E-state index in [2.05, 4.69) is 0 Å². The summed E-state index contributed by atoms with van der Waals surface area (Å²) >= 11 is 5.93. The van der Waals surface area contributed by atoms with Crippen LogP contribution in [0.15, 0.2) is 24.3 Å². The molecule has 0 heterocycles. The quantitative estimate of drug-likeness (QED) is 0.739. The Morgan fingerprint density at radius 3 is 2.85 bits per heavy atom. The van der Waals surface area contributed by atoms with Gasteiger partial charge in [0.1, 0.15) is 0 Å². The number of carboxylic acid groups (broad SMARTS) is 1. The van der Waals surface area contributed by atoms with Gasteiger partial charge in [0.2, 0.25) is 0 Å². The van der Waals surface area contributed by atoms with E-state index in [1.54, 1.807) is 6.07 Å². The highest BCUT2D eigenvalue weighted by molar-refractivity contribution is 6.32. The Morgan fingerprint density at radius 2 is 2.23 bits per heavy atom. The molecular weight excluding hydrogens is 188 g/mol. The molecule has 1 N–H and O–H groups in total. The van der Waals surface area contributed by atoms with Gasteiger partial charge in [-0.1, -0.05) is 29.8 Å². The van der Waals surface area contributed by atoms with Crippen LogP contribution in [0.3, 0.4) is 0 Å². The Labute approximate surface area is 81.5 Å². The molecule has 0 amide bonds. The van der Waals surface area contributed by atoms with E-state index < -0.39 is 5.97 Å². The lowest BCUT2D eigenvalue weighted by atomic mass is 10.1. The average Bonchev–Trinajstić information content (AvgIpc) is 2.07. The lowest BCUT2D eigenvalue weighted by molar-refractivity contribution is -0.131. The van der Waals surface area contributed by atoms with Gasteiger partial charge in [-0.25, -0.2) is 4.79 Å². The van der Waals surface area contributed by atoms with Crippen LogP contribution in [0.5, 0.6) is 0 Å². The molecule has 0 saturated heterocycles. The third-order valence-corrected chi connectivity index (χ3v) is 2.14. The van der Waals surface area contributed by atoms with Crippen LogP contribution in [-0.2, 0) is 4.79 Å². The second-order valence-corrected chi connectivity index (χ2v) is 3.03. The molecule has 0 aliphatic carbocycles. The predicted molar refractivity (Wildman–Crippen MR) is 52.9 cm³/mol. The zero-order chi connectivity index (χ0) is 9.84. The van der Waals surface area contributed by atoms with Gasteiger partial charge in [-0.05, 0) is 24.1 Å². The molecule has 13 heavy (non-hydrogen) atoms. The van der Waals surface area contributed by atoms with Crippen molar-refractivity contribution in [3.8, 4) is 0 Å². The van der Waals surface area contributed by atoms with Crippen molar-refractivity contribution in [2.45, 2.75) is 6.92 Å². The fraction of sp³-hybridized carbons (Fsp3) is 0.100. The van der Waals surface area contributed by atoms with Gasteiger partial charge in [0.25, 0.3) is 0 Å². The second kappa shape index (κ2) is 4.10. The SMILES string of the molecule is Cc1cccc(C=CC(=O)O)c1Cl. The van der Waals surface area contributed by atoms with E-state index in [0.717, 1.165) is 17.2 Å². The van der Waals surface area contributed by atoms with Gasteiger partial charge in [0.15, 0.2) is 0 Å². The maximum atomic E-state index is 10.2. The van der Waals surface area contributed by atoms with E-state index in [1.807, 2.05) is 19.1 Å².